The highest BCUT2D eigenvalue weighted by molar-refractivity contribution is 5.16. The van der Waals surface area contributed by atoms with E-state index in [-0.39, 0.29) is 25.4 Å². The minimum Gasteiger partial charge on any atom is -0.386 e. The van der Waals surface area contributed by atoms with Crippen LogP contribution in [0.3, 0.4) is 0 Å². The van der Waals surface area contributed by atoms with Crippen LogP contribution in [-0.2, 0) is 27.4 Å². The molecule has 4 rings (SSSR count). The fourth-order valence-corrected chi connectivity index (χ4v) is 4.34. The number of ether oxygens (including phenoxy) is 3. The largest absolute Gasteiger partial charge is 0.386 e. The van der Waals surface area contributed by atoms with Gasteiger partial charge >= 0.3 is 5.69 Å². The maximum atomic E-state index is 12.6. The summed E-state index contributed by atoms with van der Waals surface area (Å²) in [6.45, 7) is 5.40. The van der Waals surface area contributed by atoms with Crippen LogP contribution in [0.4, 0.5) is 0 Å². The van der Waals surface area contributed by atoms with Crippen LogP contribution in [0.1, 0.15) is 22.9 Å². The van der Waals surface area contributed by atoms with Crippen LogP contribution in [0.2, 0.25) is 0 Å². The Balaban J connectivity index is 1.69. The zero-order chi connectivity index (χ0) is 25.7. The van der Waals surface area contributed by atoms with Crippen LogP contribution >= 0.6 is 0 Å². The van der Waals surface area contributed by atoms with E-state index in [9.17, 15) is 19.8 Å². The Labute approximate surface area is 208 Å². The Kier molecular flexibility index (Phi) is 7.97. The minimum absolute atomic E-state index is 0.114. The smallest absolute Gasteiger partial charge is 0.330 e. The molecule has 5 atom stereocenters. The Morgan fingerprint density at radius 2 is 1.72 bits per heavy atom. The number of rotatable bonds is 10. The van der Waals surface area contributed by atoms with Gasteiger partial charge < -0.3 is 24.4 Å². The van der Waals surface area contributed by atoms with Crippen LogP contribution in [-0.4, -0.2) is 50.3 Å². The molecule has 3 N–H and O–H groups in total. The average Bonchev–Trinajstić information content (AvgIpc) is 3.17. The molecule has 0 amide bonds. The summed E-state index contributed by atoms with van der Waals surface area (Å²) in [5.41, 5.74) is -0.884. The lowest BCUT2D eigenvalue weighted by Crippen LogP contribution is -2.56. The highest BCUT2D eigenvalue weighted by Crippen LogP contribution is 2.42. The van der Waals surface area contributed by atoms with E-state index in [2.05, 4.69) is 11.6 Å². The summed E-state index contributed by atoms with van der Waals surface area (Å²) < 4.78 is 19.4. The van der Waals surface area contributed by atoms with E-state index in [4.69, 9.17) is 14.2 Å². The Hall–Kier alpha value is -3.34. The summed E-state index contributed by atoms with van der Waals surface area (Å²) in [4.78, 5) is 26.7. The number of H-pyrrole nitrogens is 1. The second-order valence-electron chi connectivity index (χ2n) is 8.81. The molecule has 1 aliphatic heterocycles. The Morgan fingerprint density at radius 3 is 2.33 bits per heavy atom. The lowest BCUT2D eigenvalue weighted by atomic mass is 9.89. The van der Waals surface area contributed by atoms with Gasteiger partial charge in [-0.15, -0.1) is 6.58 Å². The molecule has 1 fully saturated rings. The lowest BCUT2D eigenvalue weighted by Gasteiger charge is -2.37. The number of hydrogen-bond acceptors (Lipinski definition) is 7. The van der Waals surface area contributed by atoms with E-state index in [1.54, 1.807) is 0 Å². The van der Waals surface area contributed by atoms with Crippen LogP contribution in [0.15, 0.2) is 89.1 Å². The van der Waals surface area contributed by atoms with Gasteiger partial charge in [-0.25, -0.2) is 4.79 Å². The highest BCUT2D eigenvalue weighted by atomic mass is 16.6. The van der Waals surface area contributed by atoms with Crippen LogP contribution in [0, 0.1) is 6.92 Å². The molecule has 0 radical (unpaired) electrons. The summed E-state index contributed by atoms with van der Waals surface area (Å²) >= 11 is 0. The second-order valence-corrected chi connectivity index (χ2v) is 8.81. The Morgan fingerprint density at radius 1 is 1.11 bits per heavy atom. The van der Waals surface area contributed by atoms with E-state index in [0.717, 1.165) is 15.7 Å². The SMILES string of the molecule is C=C[C@H](O)[C@@]1(COCc2ccccc2)O[C@@H](n2cc(C)c(=O)[nH]c2=O)[C@H](O)[C@@H]1OCc1ccccc1. The average molecular weight is 495 g/mol. The third kappa shape index (κ3) is 5.25. The predicted molar refractivity (Wildman–Crippen MR) is 132 cm³/mol. The fourth-order valence-electron chi connectivity index (χ4n) is 4.34. The minimum atomic E-state index is -1.60. The van der Waals surface area contributed by atoms with E-state index in [1.165, 1.54) is 19.2 Å². The van der Waals surface area contributed by atoms with Crippen LogP contribution in [0.25, 0.3) is 0 Å². The zero-order valence-corrected chi connectivity index (χ0v) is 19.9. The molecule has 9 nitrogen and oxygen atoms in total. The monoisotopic (exact) mass is 494 g/mol. The third-order valence-corrected chi connectivity index (χ3v) is 6.28. The first-order valence-corrected chi connectivity index (χ1v) is 11.6. The van der Waals surface area contributed by atoms with Crippen molar-refractivity contribution in [3.63, 3.8) is 0 Å². The molecule has 9 heteroatoms. The van der Waals surface area contributed by atoms with Crippen molar-refractivity contribution in [3.8, 4) is 0 Å². The van der Waals surface area contributed by atoms with Gasteiger partial charge in [0.2, 0.25) is 0 Å². The standard InChI is InChI=1S/C27H30N2O7/c1-3-21(30)27(17-34-15-19-10-6-4-7-11-19)23(35-16-20-12-8-5-9-13-20)22(31)25(36-27)29-14-18(2)24(32)28-26(29)33/h3-14,21-23,25,30-31H,1,15-17H2,2H3,(H,28,32,33)/t21-,22+,23-,25+,27+/m0/s1. The summed E-state index contributed by atoms with van der Waals surface area (Å²) in [5, 5.41) is 22.4. The highest BCUT2D eigenvalue weighted by Gasteiger charge is 2.60. The molecular weight excluding hydrogens is 464 g/mol. The molecule has 0 bridgehead atoms. The molecule has 2 heterocycles. The molecule has 0 aliphatic carbocycles. The Bertz CT molecular complexity index is 1270. The van der Waals surface area contributed by atoms with Crippen molar-refractivity contribution in [2.24, 2.45) is 0 Å². The van der Waals surface area contributed by atoms with Gasteiger partial charge in [0.1, 0.15) is 18.3 Å². The number of nitrogens with zero attached hydrogens (tertiary/aromatic N) is 1. The number of hydrogen-bond donors (Lipinski definition) is 3. The number of nitrogens with one attached hydrogen (secondary N) is 1. The summed E-state index contributed by atoms with van der Waals surface area (Å²) in [6.07, 6.45) is -2.47. The predicted octanol–water partition coefficient (Wildman–Crippen LogP) is 1.82. The number of aromatic amines is 1. The van der Waals surface area contributed by atoms with Crippen LogP contribution in [0.5, 0.6) is 0 Å². The molecule has 1 aromatic heterocycles. The lowest BCUT2D eigenvalue weighted by molar-refractivity contribution is -0.193. The molecule has 190 valence electrons. The van der Waals surface area contributed by atoms with Gasteiger partial charge in [-0.2, -0.15) is 0 Å². The third-order valence-electron chi connectivity index (χ3n) is 6.28. The fraction of sp³-hybridized carbons (Fsp3) is 0.333. The number of benzene rings is 2. The first-order valence-electron chi connectivity index (χ1n) is 11.6. The molecule has 36 heavy (non-hydrogen) atoms. The molecule has 3 aromatic rings. The van der Waals surface area contributed by atoms with Crippen LogP contribution < -0.4 is 11.2 Å². The maximum Gasteiger partial charge on any atom is 0.330 e. The van der Waals surface area contributed by atoms with Crippen molar-refractivity contribution in [1.29, 1.82) is 0 Å². The van der Waals surface area contributed by atoms with E-state index < -0.39 is 41.4 Å². The normalized spacial score (nSPS) is 24.5. The van der Waals surface area contributed by atoms with E-state index in [0.29, 0.717) is 0 Å². The summed E-state index contributed by atoms with van der Waals surface area (Å²) in [5.74, 6) is 0. The van der Waals surface area contributed by atoms with Gasteiger partial charge in [-0.3, -0.25) is 14.3 Å². The van der Waals surface area contributed by atoms with Gasteiger partial charge in [0.25, 0.3) is 5.56 Å². The summed E-state index contributed by atoms with van der Waals surface area (Å²) in [6, 6.07) is 18.8. The van der Waals surface area contributed by atoms with Crippen molar-refractivity contribution >= 4 is 0 Å². The first-order chi connectivity index (χ1) is 17.4. The van der Waals surface area contributed by atoms with Crippen molar-refractivity contribution in [3.05, 3.63) is 117 Å². The van der Waals surface area contributed by atoms with Crippen molar-refractivity contribution in [2.45, 2.75) is 50.3 Å². The van der Waals surface area contributed by atoms with Gasteiger partial charge in [0.15, 0.2) is 11.8 Å². The van der Waals surface area contributed by atoms with Crippen molar-refractivity contribution in [2.75, 3.05) is 6.61 Å². The molecular formula is C27H30N2O7. The van der Waals surface area contributed by atoms with E-state index >= 15 is 0 Å². The molecule has 0 unspecified atom stereocenters. The second kappa shape index (κ2) is 11.2. The molecule has 1 aliphatic rings. The van der Waals surface area contributed by atoms with E-state index in [1.807, 2.05) is 60.7 Å². The number of aryl methyl sites for hydroxylation is 1. The quantitative estimate of drug-likeness (QED) is 0.368. The number of aliphatic hydroxyl groups is 2. The summed E-state index contributed by atoms with van der Waals surface area (Å²) in [7, 11) is 0. The van der Waals surface area contributed by atoms with Gasteiger partial charge in [0, 0.05) is 11.8 Å². The molecule has 0 spiro atoms. The van der Waals surface area contributed by atoms with Gasteiger partial charge in [-0.1, -0.05) is 66.7 Å². The van der Waals surface area contributed by atoms with Crippen molar-refractivity contribution in [1.82, 2.24) is 9.55 Å². The first kappa shape index (κ1) is 25.7. The zero-order valence-electron chi connectivity index (χ0n) is 19.9. The van der Waals surface area contributed by atoms with Crippen molar-refractivity contribution < 1.29 is 24.4 Å². The molecule has 1 saturated heterocycles. The molecule has 2 aromatic carbocycles. The number of aliphatic hydroxyl groups excluding tert-OH is 2. The van der Waals surface area contributed by atoms with Gasteiger partial charge in [0.05, 0.1) is 19.8 Å². The molecule has 0 saturated carbocycles. The number of aromatic nitrogens is 2. The topological polar surface area (TPSA) is 123 Å². The maximum absolute atomic E-state index is 12.6. The van der Waals surface area contributed by atoms with Gasteiger partial charge in [-0.05, 0) is 18.1 Å².